The molecule has 6 saturated heterocycles. The molecule has 0 amide bonds. The van der Waals surface area contributed by atoms with E-state index in [1.807, 2.05) is 0 Å². The number of hydrogen-bond donors (Lipinski definition) is 30. The van der Waals surface area contributed by atoms with Gasteiger partial charge in [0.25, 0.3) is 0 Å². The van der Waals surface area contributed by atoms with Crippen molar-refractivity contribution in [1.29, 1.82) is 0 Å². The molecule has 732 valence electrons. The van der Waals surface area contributed by atoms with Crippen LogP contribution in [-0.4, -0.2) is 427 Å². The molecule has 16 unspecified atom stereocenters. The molecule has 42 N–H and O–H groups in total. The van der Waals surface area contributed by atoms with Crippen molar-refractivity contribution >= 4 is 92.8 Å². The summed E-state index contributed by atoms with van der Waals surface area (Å²) < 4.78 is 74.0. The Hall–Kier alpha value is -3.93. The first-order valence-electron chi connectivity index (χ1n) is 43.8. The number of anilines is 1. The highest BCUT2D eigenvalue weighted by Gasteiger charge is 2.58. The number of thiocarbonyl (C=S) groups is 3. The topological polar surface area (TPSA) is 775 Å². The summed E-state index contributed by atoms with van der Waals surface area (Å²) in [5, 5.41) is 154. The third-order valence-electron chi connectivity index (χ3n) is 24.8. The molecule has 0 spiro atoms. The zero-order chi connectivity index (χ0) is 93.4. The van der Waals surface area contributed by atoms with Gasteiger partial charge in [0.15, 0.2) is 64.6 Å². The average molecular weight is 1930 g/mol. The zero-order valence-corrected chi connectivity index (χ0v) is 75.5. The first-order valence-corrected chi connectivity index (χ1v) is 47.4. The molecule has 50 heteroatoms. The largest absolute Gasteiger partial charge is 0.389 e. The Labute approximate surface area is 772 Å². The van der Waals surface area contributed by atoms with Gasteiger partial charge in [-0.2, -0.15) is 23.5 Å². The number of aliphatic hydroxyl groups excluding tert-OH is 12. The van der Waals surface area contributed by atoms with E-state index in [9.17, 15) is 70.9 Å². The number of nitrogens with two attached hydrogens (primary N) is 12. The number of aliphatic hydroxyl groups is 12. The molecular weight excluding hydrogens is 1790 g/mol. The van der Waals surface area contributed by atoms with Crippen LogP contribution in [0.15, 0.2) is 42.5 Å². The van der Waals surface area contributed by atoms with Gasteiger partial charge in [0, 0.05) is 134 Å². The van der Waals surface area contributed by atoms with Gasteiger partial charge in [0.2, 0.25) is 0 Å². The molecule has 6 aliphatic heterocycles. The number of hydrogen-bond acceptors (Lipinski definition) is 44. The second kappa shape index (κ2) is 49.9. The number of nitrogens with one attached hydrogen (secondary N) is 6. The molecule has 8 fully saturated rings. The Bertz CT molecular complexity index is 3880. The highest BCUT2D eigenvalue weighted by atomic mass is 32.2. The number of fused-ring (bicyclic) bond motifs is 2. The van der Waals surface area contributed by atoms with Gasteiger partial charge < -0.3 is 224 Å². The van der Waals surface area contributed by atoms with E-state index in [-0.39, 0.29) is 62.1 Å². The van der Waals surface area contributed by atoms with Gasteiger partial charge in [-0.3, -0.25) is 9.59 Å². The maximum Gasteiger partial charge on any atom is 0.194 e. The minimum Gasteiger partial charge on any atom is -0.389 e. The van der Waals surface area contributed by atoms with Crippen molar-refractivity contribution in [3.05, 3.63) is 64.7 Å². The van der Waals surface area contributed by atoms with E-state index < -0.39 is 233 Å². The van der Waals surface area contributed by atoms with Crippen molar-refractivity contribution in [1.82, 2.24) is 31.5 Å². The summed E-state index contributed by atoms with van der Waals surface area (Å²) in [4.78, 5) is 29.0. The number of ether oxygens (including phenoxy) is 12. The Morgan fingerprint density at radius 1 is 0.357 bits per heavy atom. The molecular formula is C79H135N19O26S5. The normalized spacial score (nSPS) is 39.4. The first kappa shape index (κ1) is 106. The molecule has 45 nitrogen and oxygen atoms in total. The van der Waals surface area contributed by atoms with Crippen molar-refractivity contribution in [2.24, 2.45) is 68.8 Å². The predicted octanol–water partition coefficient (Wildman–Crippen LogP) is -12.0. The van der Waals surface area contributed by atoms with Gasteiger partial charge in [-0.05, 0) is 119 Å². The molecule has 9 aliphatic rings. The first-order chi connectivity index (χ1) is 61.7. The van der Waals surface area contributed by atoms with E-state index >= 15 is 0 Å². The number of ketones is 2. The van der Waals surface area contributed by atoms with Gasteiger partial charge in [0.05, 0.1) is 48.6 Å². The van der Waals surface area contributed by atoms with E-state index in [0.29, 0.717) is 87.5 Å². The van der Waals surface area contributed by atoms with Gasteiger partial charge in [-0.25, -0.2) is 0 Å². The third-order valence-corrected chi connectivity index (χ3v) is 27.7. The number of carbonyl (C=O) groups is 2. The molecule has 2 aromatic carbocycles. The molecule has 6 heterocycles. The fraction of sp³-hybridized carbons (Fsp3) is 0.785. The van der Waals surface area contributed by atoms with Crippen LogP contribution in [-0.2, 0) is 56.8 Å². The standard InChI is InChI=1S/C79H135N19O26S5/c80-26-41-55(103)59(107)47(88)71(113-41)119-65-39(86)24-37(84)53(101)69(65)123-75-63(111)67(121-73-49(90)61(109)57(105)43(28-82)115-73)45(117-75)30-128-21-16-95-77(125)92-14-5-7-19-98(18-6-1-4-13-94-79(127)97-32-11-12-35-36(23-32)52(100)34-10-3-2-9-33(34)51(35)99)20-8-15-93-78(126)96-17-22-129-31-46-68(122-74-50(91)62(110)58(106)44(29-83)116-74)64(112)76(118-46)124-70-54(102)38(85)25-40(87)66(70)120-72-48(89)60(108)56(104)42(27-81)114-72/h2-3,9-12,23,37-50,53-76,101-112H,1,4-8,13-22,24-31,80-91H2,(H2,92,95,125)(H2,93,96,126)(H2,94,97,127)/t37-,38-,39?,40?,41?,42?,43+,44+,45-,46-,47?,48?,49?,50?,53?,54?,55-,56-,57-,58-,59-,60-,61?,62?,63+,64+,65-,66-,67+,68+,69-,70-,71?,72?,73-,74-,75?,76?/m1/s1. The van der Waals surface area contributed by atoms with Crippen LogP contribution in [0.1, 0.15) is 83.2 Å². The second-order valence-electron chi connectivity index (χ2n) is 34.0. The van der Waals surface area contributed by atoms with E-state index in [4.69, 9.17) is 162 Å². The summed E-state index contributed by atoms with van der Waals surface area (Å²) in [5.74, 6) is 0.817. The Kier molecular flexibility index (Phi) is 40.8. The summed E-state index contributed by atoms with van der Waals surface area (Å²) in [5.41, 5.74) is 76.4. The number of rotatable bonds is 42. The van der Waals surface area contributed by atoms with Crippen molar-refractivity contribution in [2.75, 3.05) is 107 Å². The fourth-order valence-corrected chi connectivity index (χ4v) is 19.6. The van der Waals surface area contributed by atoms with Gasteiger partial charge >= 0.3 is 0 Å². The highest BCUT2D eigenvalue weighted by Crippen LogP contribution is 2.40. The number of benzene rings is 2. The van der Waals surface area contributed by atoms with Crippen LogP contribution in [0.4, 0.5) is 5.69 Å². The fourth-order valence-electron chi connectivity index (χ4n) is 17.2. The Morgan fingerprint density at radius 2 is 0.682 bits per heavy atom. The SMILES string of the molecule is NCC1OC(O[C@@H]2C(N)C[C@@H](N)C(O)[C@H]2OC2O[C@H](CSCCNC(=S)NCCCCN(CCCCCNC(=S)Nc3ccc4c(c3)C(=O)c3ccccc3C4=O)CCCNC(=S)NCCSC[C@H]3OC(O[C@@H]4C(O)[C@H](N)CC(N)[C@H]4OC4OC(CN)[C@@H](O)[C@H](O)C4N)[C@@H](O)[C@H]3O[C@H]3O[C@@H](CN)[C@@H](O)C(O)C3N)[C@H](O[C@H]3O[C@@H](CN)[C@@H](O)C(O)C3N)[C@@H]2O)C(N)[C@@H](O)[C@@H]1O. The van der Waals surface area contributed by atoms with Gasteiger partial charge in [-0.15, -0.1) is 0 Å². The minimum atomic E-state index is -1.62. The average Bonchev–Trinajstić information content (AvgIpc) is 1.33. The lowest BCUT2D eigenvalue weighted by atomic mass is 9.84. The summed E-state index contributed by atoms with van der Waals surface area (Å²) >= 11 is 19.9. The van der Waals surface area contributed by atoms with E-state index in [1.165, 1.54) is 23.5 Å². The number of carbonyl (C=O) groups excluding carboxylic acids is 2. The van der Waals surface area contributed by atoms with Crippen LogP contribution in [0.25, 0.3) is 0 Å². The lowest BCUT2D eigenvalue weighted by Gasteiger charge is -2.47. The van der Waals surface area contributed by atoms with E-state index in [0.717, 1.165) is 58.2 Å². The lowest BCUT2D eigenvalue weighted by Crippen LogP contribution is -2.68. The molecule has 38 atom stereocenters. The highest BCUT2D eigenvalue weighted by molar-refractivity contribution is 7.99. The quantitative estimate of drug-likeness (QED) is 0.0185. The number of nitrogens with zero attached hydrogens (tertiary/aromatic N) is 1. The summed E-state index contributed by atoms with van der Waals surface area (Å²) in [6.07, 6.45) is -35.7. The Morgan fingerprint density at radius 3 is 1.09 bits per heavy atom. The Balaban J connectivity index is 0.650. The van der Waals surface area contributed by atoms with Crippen molar-refractivity contribution in [3.8, 4) is 0 Å². The molecule has 0 radical (unpaired) electrons. The van der Waals surface area contributed by atoms with Crippen molar-refractivity contribution in [2.45, 2.75) is 284 Å². The van der Waals surface area contributed by atoms with E-state index in [1.54, 1.807) is 42.5 Å². The predicted molar refractivity (Wildman–Crippen MR) is 483 cm³/mol. The number of unbranched alkanes of at least 4 members (excludes halogenated alkanes) is 3. The molecule has 2 aromatic rings. The molecule has 3 aliphatic carbocycles. The van der Waals surface area contributed by atoms with Crippen LogP contribution in [0.5, 0.6) is 0 Å². The summed E-state index contributed by atoms with van der Waals surface area (Å²) in [7, 11) is 0. The monoisotopic (exact) mass is 1930 g/mol. The van der Waals surface area contributed by atoms with Crippen molar-refractivity contribution in [3.63, 3.8) is 0 Å². The maximum absolute atomic E-state index is 13.4. The molecule has 11 rings (SSSR count). The van der Waals surface area contributed by atoms with Crippen LogP contribution in [0, 0.1) is 0 Å². The molecule has 2 saturated carbocycles. The number of thioether (sulfide) groups is 2. The van der Waals surface area contributed by atoms with E-state index in [2.05, 4.69) is 36.8 Å². The lowest BCUT2D eigenvalue weighted by molar-refractivity contribution is -0.306. The molecule has 0 bridgehead atoms. The van der Waals surface area contributed by atoms with Gasteiger partial charge in [-0.1, -0.05) is 30.7 Å². The zero-order valence-electron chi connectivity index (χ0n) is 71.5. The summed E-state index contributed by atoms with van der Waals surface area (Å²) in [6.45, 7) is 3.92. The minimum absolute atomic E-state index is 0.0436. The smallest absolute Gasteiger partial charge is 0.194 e. The van der Waals surface area contributed by atoms with Crippen LogP contribution in [0.2, 0.25) is 0 Å². The summed E-state index contributed by atoms with van der Waals surface area (Å²) in [6, 6.07) is 2.88. The second-order valence-corrected chi connectivity index (χ2v) is 37.5. The van der Waals surface area contributed by atoms with Crippen molar-refractivity contribution < 1.29 is 128 Å². The van der Waals surface area contributed by atoms with Crippen LogP contribution in [0.3, 0.4) is 0 Å². The molecule has 129 heavy (non-hydrogen) atoms. The van der Waals surface area contributed by atoms with Gasteiger partial charge in [0.1, 0.15) is 122 Å². The van der Waals surface area contributed by atoms with Crippen LogP contribution >= 0.6 is 60.2 Å². The van der Waals surface area contributed by atoms with Crippen LogP contribution < -0.4 is 101 Å². The molecule has 0 aromatic heterocycles. The third kappa shape index (κ3) is 26.5. The maximum atomic E-state index is 13.4.